The van der Waals surface area contributed by atoms with Crippen molar-refractivity contribution in [1.82, 2.24) is 10.3 Å². The fraction of sp³-hybridized carbons (Fsp3) is 0.222. The molecule has 0 saturated heterocycles. The molecule has 7 nitrogen and oxygen atoms in total. The number of hydrogen-bond acceptors (Lipinski definition) is 4. The van der Waals surface area contributed by atoms with E-state index in [4.69, 9.17) is 10.2 Å². The van der Waals surface area contributed by atoms with E-state index >= 15 is 0 Å². The van der Waals surface area contributed by atoms with E-state index < -0.39 is 29.4 Å². The molecule has 86 valence electrons. The van der Waals surface area contributed by atoms with Crippen molar-refractivity contribution in [3.63, 3.8) is 0 Å². The Morgan fingerprint density at radius 1 is 1.44 bits per heavy atom. The molecule has 1 amide bonds. The summed E-state index contributed by atoms with van der Waals surface area (Å²) in [6.45, 7) is 1.28. The molecule has 16 heavy (non-hydrogen) atoms. The number of carbonyl (C=O) groups excluding carboxylic acids is 1. The Labute approximate surface area is 89.7 Å². The summed E-state index contributed by atoms with van der Waals surface area (Å²) in [7, 11) is 0. The first-order valence-corrected chi connectivity index (χ1v) is 4.37. The number of amides is 1. The predicted octanol–water partition coefficient (Wildman–Crippen LogP) is -0.717. The highest BCUT2D eigenvalue weighted by Gasteiger charge is 2.15. The number of hydrogen-bond donors (Lipinski definition) is 4. The molecule has 1 rings (SSSR count). The van der Waals surface area contributed by atoms with E-state index in [0.717, 1.165) is 12.1 Å². The fourth-order valence-electron chi connectivity index (χ4n) is 1.00. The van der Waals surface area contributed by atoms with E-state index in [9.17, 15) is 14.4 Å². The lowest BCUT2D eigenvalue weighted by atomic mass is 10.2. The monoisotopic (exact) mass is 226 g/mol. The molecule has 0 radical (unpaired) electrons. The summed E-state index contributed by atoms with van der Waals surface area (Å²) >= 11 is 0. The second kappa shape index (κ2) is 4.47. The molecule has 0 saturated carbocycles. The molecule has 1 atom stereocenters. The van der Waals surface area contributed by atoms with Crippen LogP contribution >= 0.6 is 0 Å². The summed E-state index contributed by atoms with van der Waals surface area (Å²) < 4.78 is 0. The number of carboxylic acid groups (broad SMARTS) is 1. The predicted molar refractivity (Wildman–Crippen MR) is 53.3 cm³/mol. The quantitative estimate of drug-likeness (QED) is 0.542. The Hall–Kier alpha value is -2.31. The van der Waals surface area contributed by atoms with Crippen molar-refractivity contribution in [2.24, 2.45) is 0 Å². The van der Waals surface area contributed by atoms with Crippen molar-refractivity contribution in [3.8, 4) is 5.88 Å². The number of pyridine rings is 1. The molecule has 0 bridgehead atoms. The van der Waals surface area contributed by atoms with Gasteiger partial charge in [0.2, 0.25) is 0 Å². The Morgan fingerprint density at radius 3 is 2.56 bits per heavy atom. The number of nitrogens with one attached hydrogen (secondary N) is 2. The van der Waals surface area contributed by atoms with Crippen molar-refractivity contribution in [2.45, 2.75) is 13.0 Å². The summed E-state index contributed by atoms with van der Waals surface area (Å²) in [5, 5.41) is 19.7. The first-order chi connectivity index (χ1) is 7.40. The average molecular weight is 226 g/mol. The molecule has 0 aliphatic heterocycles. The van der Waals surface area contributed by atoms with Crippen LogP contribution in [-0.2, 0) is 4.79 Å². The van der Waals surface area contributed by atoms with Gasteiger partial charge < -0.3 is 15.5 Å². The van der Waals surface area contributed by atoms with Crippen molar-refractivity contribution in [1.29, 1.82) is 0 Å². The van der Waals surface area contributed by atoms with Gasteiger partial charge in [-0.1, -0.05) is 0 Å². The second-order valence-electron chi connectivity index (χ2n) is 3.15. The highest BCUT2D eigenvalue weighted by Crippen LogP contribution is 2.04. The van der Waals surface area contributed by atoms with E-state index in [2.05, 4.69) is 5.32 Å². The molecule has 0 aliphatic carbocycles. The van der Waals surface area contributed by atoms with Gasteiger partial charge in [0.05, 0.1) is 5.56 Å². The third-order valence-electron chi connectivity index (χ3n) is 1.81. The van der Waals surface area contributed by atoms with Gasteiger partial charge in [0.25, 0.3) is 11.5 Å². The smallest absolute Gasteiger partial charge is 0.325 e. The van der Waals surface area contributed by atoms with Crippen LogP contribution in [0.3, 0.4) is 0 Å². The normalized spacial score (nSPS) is 11.8. The van der Waals surface area contributed by atoms with Crippen LogP contribution in [-0.4, -0.2) is 33.1 Å². The van der Waals surface area contributed by atoms with Crippen molar-refractivity contribution < 1.29 is 19.8 Å². The van der Waals surface area contributed by atoms with Gasteiger partial charge in [-0.15, -0.1) is 0 Å². The number of rotatable bonds is 3. The highest BCUT2D eigenvalue weighted by atomic mass is 16.4. The number of aromatic hydroxyl groups is 1. The summed E-state index contributed by atoms with van der Waals surface area (Å²) in [5.41, 5.74) is -0.748. The summed E-state index contributed by atoms with van der Waals surface area (Å²) in [6, 6.07) is 0.920. The minimum atomic E-state index is -1.19. The number of aromatic nitrogens is 1. The maximum Gasteiger partial charge on any atom is 0.325 e. The minimum Gasteiger partial charge on any atom is -0.494 e. The number of aromatic amines is 1. The van der Waals surface area contributed by atoms with E-state index in [1.54, 1.807) is 0 Å². The van der Waals surface area contributed by atoms with Gasteiger partial charge in [-0.05, 0) is 6.92 Å². The van der Waals surface area contributed by atoms with Gasteiger partial charge in [0.15, 0.2) is 5.88 Å². The second-order valence-corrected chi connectivity index (χ2v) is 3.15. The number of carbonyl (C=O) groups is 2. The third kappa shape index (κ3) is 2.84. The van der Waals surface area contributed by atoms with Gasteiger partial charge in [-0.2, -0.15) is 0 Å². The molecule has 0 aromatic carbocycles. The van der Waals surface area contributed by atoms with Crippen LogP contribution in [0.1, 0.15) is 17.3 Å². The Morgan fingerprint density at radius 2 is 2.06 bits per heavy atom. The van der Waals surface area contributed by atoms with Gasteiger partial charge >= 0.3 is 5.97 Å². The van der Waals surface area contributed by atoms with Gasteiger partial charge in [-0.25, -0.2) is 0 Å². The van der Waals surface area contributed by atoms with Gasteiger partial charge in [-0.3, -0.25) is 19.4 Å². The number of carboxylic acids is 1. The largest absolute Gasteiger partial charge is 0.494 e. The highest BCUT2D eigenvalue weighted by molar-refractivity contribution is 5.96. The van der Waals surface area contributed by atoms with Crippen molar-refractivity contribution in [2.75, 3.05) is 0 Å². The average Bonchev–Trinajstić information content (AvgIpc) is 2.15. The van der Waals surface area contributed by atoms with Crippen LogP contribution in [0.5, 0.6) is 5.88 Å². The zero-order valence-corrected chi connectivity index (χ0v) is 8.35. The van der Waals surface area contributed by atoms with Crippen molar-refractivity contribution >= 4 is 11.9 Å². The molecular formula is C9H10N2O5. The van der Waals surface area contributed by atoms with E-state index in [1.807, 2.05) is 4.98 Å². The lowest BCUT2D eigenvalue weighted by Gasteiger charge is -2.08. The maximum atomic E-state index is 11.4. The number of H-pyrrole nitrogens is 1. The van der Waals surface area contributed by atoms with Crippen LogP contribution in [0.4, 0.5) is 0 Å². The lowest BCUT2D eigenvalue weighted by Crippen LogP contribution is -2.38. The van der Waals surface area contributed by atoms with Crippen LogP contribution in [0.25, 0.3) is 0 Å². The Balaban J connectivity index is 2.89. The maximum absolute atomic E-state index is 11.4. The first kappa shape index (κ1) is 11.8. The number of aliphatic carboxylic acids is 1. The Bertz CT molecular complexity index is 479. The molecule has 0 aliphatic rings. The minimum absolute atomic E-state index is 0.102. The first-order valence-electron chi connectivity index (χ1n) is 4.37. The fourth-order valence-corrected chi connectivity index (χ4v) is 1.00. The molecule has 7 heteroatoms. The third-order valence-corrected chi connectivity index (χ3v) is 1.81. The Kier molecular flexibility index (Phi) is 3.29. The SMILES string of the molecule is C[C@@H](NC(=O)c1cc(O)[nH]c(=O)c1)C(=O)O. The topological polar surface area (TPSA) is 119 Å². The molecule has 4 N–H and O–H groups in total. The summed E-state index contributed by atoms with van der Waals surface area (Å²) in [5.74, 6) is -2.39. The zero-order chi connectivity index (χ0) is 12.3. The summed E-state index contributed by atoms with van der Waals surface area (Å²) in [6.07, 6.45) is 0. The molecule has 0 fully saturated rings. The molecule has 1 heterocycles. The molecule has 0 unspecified atom stereocenters. The van der Waals surface area contributed by atoms with Crippen LogP contribution in [0.2, 0.25) is 0 Å². The van der Waals surface area contributed by atoms with Crippen LogP contribution in [0.15, 0.2) is 16.9 Å². The lowest BCUT2D eigenvalue weighted by molar-refractivity contribution is -0.138. The van der Waals surface area contributed by atoms with Gasteiger partial charge in [0, 0.05) is 12.1 Å². The van der Waals surface area contributed by atoms with Gasteiger partial charge in [0.1, 0.15) is 6.04 Å². The molecular weight excluding hydrogens is 216 g/mol. The van der Waals surface area contributed by atoms with Crippen molar-refractivity contribution in [3.05, 3.63) is 28.0 Å². The summed E-state index contributed by atoms with van der Waals surface area (Å²) in [4.78, 5) is 34.9. The molecule has 0 spiro atoms. The van der Waals surface area contributed by atoms with Crippen LogP contribution in [0, 0.1) is 0 Å². The standard InChI is InChI=1S/C9H10N2O5/c1-4(9(15)16)10-8(14)5-2-6(12)11-7(13)3-5/h2-4H,1H3,(H,10,14)(H,15,16)(H2,11,12,13)/t4-/m1/s1. The van der Waals surface area contributed by atoms with E-state index in [0.29, 0.717) is 0 Å². The molecule has 1 aromatic heterocycles. The zero-order valence-electron chi connectivity index (χ0n) is 8.35. The van der Waals surface area contributed by atoms with E-state index in [1.165, 1.54) is 6.92 Å². The van der Waals surface area contributed by atoms with E-state index in [-0.39, 0.29) is 5.56 Å². The van der Waals surface area contributed by atoms with Crippen LogP contribution < -0.4 is 10.9 Å². The molecule has 1 aromatic rings.